The number of para-hydroxylation sites is 2. The van der Waals surface area contributed by atoms with Crippen LogP contribution in [0.2, 0.25) is 0 Å². The smallest absolute Gasteiger partial charge is 0.244 e. The lowest BCUT2D eigenvalue weighted by molar-refractivity contribution is -0.116. The van der Waals surface area contributed by atoms with E-state index >= 15 is 0 Å². The maximum Gasteiger partial charge on any atom is 0.244 e. The summed E-state index contributed by atoms with van der Waals surface area (Å²) < 4.78 is 5.88. The Morgan fingerprint density at radius 1 is 1.17 bits per heavy atom. The number of thiazole rings is 1. The van der Waals surface area contributed by atoms with Crippen LogP contribution in [0, 0.1) is 6.92 Å². The number of carbonyl (C=O) groups is 1. The van der Waals surface area contributed by atoms with Crippen molar-refractivity contribution in [3.63, 3.8) is 0 Å². The Kier molecular flexibility index (Phi) is 7.41. The number of benzene rings is 2. The number of hydrogen-bond donors (Lipinski definition) is 1. The molecule has 3 rings (SSSR count). The van der Waals surface area contributed by atoms with Crippen LogP contribution < -0.4 is 15.0 Å². The first-order chi connectivity index (χ1) is 14.1. The lowest BCUT2D eigenvalue weighted by Crippen LogP contribution is -2.31. The summed E-state index contributed by atoms with van der Waals surface area (Å²) in [5, 5.41) is 5.93. The minimum atomic E-state index is -0.128. The summed E-state index contributed by atoms with van der Waals surface area (Å²) in [6.45, 7) is 3.68. The molecule has 2 aromatic carbocycles. The highest BCUT2D eigenvalue weighted by Crippen LogP contribution is 2.21. The van der Waals surface area contributed by atoms with Crippen LogP contribution in [-0.2, 0) is 11.4 Å². The molecule has 0 saturated carbocycles. The van der Waals surface area contributed by atoms with E-state index in [2.05, 4.69) is 15.2 Å². The summed E-state index contributed by atoms with van der Waals surface area (Å²) in [5.41, 5.74) is 2.89. The molecule has 0 aliphatic heterocycles. The van der Waals surface area contributed by atoms with Crippen molar-refractivity contribution in [2.75, 3.05) is 25.0 Å². The first kappa shape index (κ1) is 20.6. The molecule has 0 aliphatic carbocycles. The molecule has 0 atom stereocenters. The third kappa shape index (κ3) is 6.47. The molecule has 29 heavy (non-hydrogen) atoms. The zero-order chi connectivity index (χ0) is 20.5. The van der Waals surface area contributed by atoms with Crippen LogP contribution in [0.5, 0.6) is 5.75 Å². The van der Waals surface area contributed by atoms with Crippen LogP contribution in [0.4, 0.5) is 5.69 Å². The van der Waals surface area contributed by atoms with Crippen LogP contribution >= 0.6 is 11.3 Å². The molecule has 0 radical (unpaired) electrons. The van der Waals surface area contributed by atoms with E-state index in [0.29, 0.717) is 13.2 Å². The van der Waals surface area contributed by atoms with Crippen molar-refractivity contribution in [2.45, 2.75) is 13.5 Å². The van der Waals surface area contributed by atoms with Gasteiger partial charge in [-0.25, -0.2) is 4.98 Å². The molecule has 0 aliphatic rings. The second-order valence-corrected chi connectivity index (χ2v) is 7.63. The van der Waals surface area contributed by atoms with E-state index in [-0.39, 0.29) is 5.91 Å². The molecule has 1 aromatic heterocycles. The topological polar surface area (TPSA) is 54.5 Å². The highest BCUT2D eigenvalue weighted by Gasteiger charge is 2.04. The van der Waals surface area contributed by atoms with Crippen molar-refractivity contribution in [3.8, 4) is 5.75 Å². The maximum atomic E-state index is 12.2. The fourth-order valence-electron chi connectivity index (χ4n) is 2.76. The number of nitrogens with zero attached hydrogens (tertiary/aromatic N) is 2. The van der Waals surface area contributed by atoms with Crippen LogP contribution in [0.15, 0.2) is 66.1 Å². The predicted octanol–water partition coefficient (Wildman–Crippen LogP) is 4.30. The molecule has 0 bridgehead atoms. The van der Waals surface area contributed by atoms with Gasteiger partial charge in [-0.05, 0) is 31.2 Å². The second-order valence-electron chi connectivity index (χ2n) is 6.57. The fourth-order valence-corrected chi connectivity index (χ4v) is 3.36. The lowest BCUT2D eigenvalue weighted by Gasteiger charge is -2.19. The van der Waals surface area contributed by atoms with Crippen molar-refractivity contribution in [1.29, 1.82) is 0 Å². The number of likely N-dealkylation sites (N-methyl/N-ethyl adjacent to an activating group) is 1. The molecule has 0 unspecified atom stereocenters. The van der Waals surface area contributed by atoms with Crippen LogP contribution in [0.3, 0.4) is 0 Å². The van der Waals surface area contributed by atoms with Gasteiger partial charge in [0.15, 0.2) is 0 Å². The average molecular weight is 408 g/mol. The number of amides is 1. The Labute approximate surface area is 175 Å². The summed E-state index contributed by atoms with van der Waals surface area (Å²) in [6, 6.07) is 17.7. The third-order valence-corrected chi connectivity index (χ3v) is 5.14. The number of anilines is 1. The van der Waals surface area contributed by atoms with Gasteiger partial charge in [0.1, 0.15) is 12.4 Å². The quantitative estimate of drug-likeness (QED) is 0.538. The summed E-state index contributed by atoms with van der Waals surface area (Å²) in [6.07, 6.45) is 3.32. The fraction of sp³-hybridized carbons (Fsp3) is 0.217. The van der Waals surface area contributed by atoms with E-state index in [9.17, 15) is 4.79 Å². The number of hydrogen-bond acceptors (Lipinski definition) is 5. The van der Waals surface area contributed by atoms with Gasteiger partial charge in [-0.15, -0.1) is 11.3 Å². The second kappa shape index (κ2) is 10.4. The Bertz CT molecular complexity index is 954. The van der Waals surface area contributed by atoms with Gasteiger partial charge in [-0.3, -0.25) is 4.79 Å². The minimum Gasteiger partial charge on any atom is -0.487 e. The molecule has 0 fully saturated rings. The SMILES string of the molecule is Cc1nc(COc2ccccc2/C=C/C(=O)NCCN(C)c2ccccc2)cs1. The highest BCUT2D eigenvalue weighted by atomic mass is 32.1. The normalized spacial score (nSPS) is 10.8. The minimum absolute atomic E-state index is 0.128. The van der Waals surface area contributed by atoms with Gasteiger partial charge in [0.2, 0.25) is 5.91 Å². The molecule has 5 nitrogen and oxygen atoms in total. The first-order valence-electron chi connectivity index (χ1n) is 9.47. The highest BCUT2D eigenvalue weighted by molar-refractivity contribution is 7.09. The van der Waals surface area contributed by atoms with Gasteiger partial charge < -0.3 is 15.0 Å². The van der Waals surface area contributed by atoms with Crippen LogP contribution in [0.1, 0.15) is 16.3 Å². The Morgan fingerprint density at radius 2 is 1.93 bits per heavy atom. The molecule has 150 valence electrons. The molecule has 1 amide bonds. The van der Waals surface area contributed by atoms with Gasteiger partial charge in [0.25, 0.3) is 0 Å². The Balaban J connectivity index is 1.49. The molecule has 6 heteroatoms. The largest absolute Gasteiger partial charge is 0.487 e. The third-order valence-electron chi connectivity index (χ3n) is 4.32. The summed E-state index contributed by atoms with van der Waals surface area (Å²) in [5.74, 6) is 0.599. The monoisotopic (exact) mass is 407 g/mol. The Morgan fingerprint density at radius 3 is 2.69 bits per heavy atom. The number of aryl methyl sites for hydroxylation is 1. The zero-order valence-electron chi connectivity index (χ0n) is 16.7. The van der Waals surface area contributed by atoms with E-state index in [0.717, 1.165) is 34.2 Å². The van der Waals surface area contributed by atoms with E-state index in [1.54, 1.807) is 17.4 Å². The van der Waals surface area contributed by atoms with Crippen molar-refractivity contribution >= 4 is 29.0 Å². The van der Waals surface area contributed by atoms with Crippen molar-refractivity contribution < 1.29 is 9.53 Å². The molecule has 1 N–H and O–H groups in total. The summed E-state index contributed by atoms with van der Waals surface area (Å²) in [4.78, 5) is 18.7. The van der Waals surface area contributed by atoms with E-state index in [4.69, 9.17) is 4.74 Å². The van der Waals surface area contributed by atoms with Gasteiger partial charge in [-0.2, -0.15) is 0 Å². The van der Waals surface area contributed by atoms with Gasteiger partial charge in [-0.1, -0.05) is 36.4 Å². The number of rotatable bonds is 9. The Hall–Kier alpha value is -3.12. The summed E-state index contributed by atoms with van der Waals surface area (Å²) in [7, 11) is 2.01. The van der Waals surface area contributed by atoms with Crippen molar-refractivity contribution in [2.24, 2.45) is 0 Å². The number of nitrogens with one attached hydrogen (secondary N) is 1. The standard InChI is InChI=1S/C23H25N3O2S/c1-18-25-20(17-29-18)16-28-22-11-7-6-8-19(22)12-13-23(27)24-14-15-26(2)21-9-4-3-5-10-21/h3-13,17H,14-16H2,1-2H3,(H,24,27)/b13-12+. The predicted molar refractivity (Wildman–Crippen MR) is 119 cm³/mol. The van der Waals surface area contributed by atoms with Crippen molar-refractivity contribution in [1.82, 2.24) is 10.3 Å². The maximum absolute atomic E-state index is 12.2. The molecule has 3 aromatic rings. The van der Waals surface area contributed by atoms with Crippen molar-refractivity contribution in [3.05, 3.63) is 82.3 Å². The van der Waals surface area contributed by atoms with Gasteiger partial charge in [0.05, 0.1) is 10.7 Å². The van der Waals surface area contributed by atoms with E-state index in [1.807, 2.05) is 73.9 Å². The van der Waals surface area contributed by atoms with Gasteiger partial charge in [0, 0.05) is 42.8 Å². The van der Waals surface area contributed by atoms with Crippen LogP contribution in [-0.4, -0.2) is 31.0 Å². The zero-order valence-corrected chi connectivity index (χ0v) is 17.5. The number of ether oxygens (including phenoxy) is 1. The average Bonchev–Trinajstić information content (AvgIpc) is 3.17. The molecule has 0 saturated heterocycles. The van der Waals surface area contributed by atoms with Crippen LogP contribution in [0.25, 0.3) is 6.08 Å². The summed E-state index contributed by atoms with van der Waals surface area (Å²) >= 11 is 1.60. The molecular weight excluding hydrogens is 382 g/mol. The van der Waals surface area contributed by atoms with Gasteiger partial charge >= 0.3 is 0 Å². The first-order valence-corrected chi connectivity index (χ1v) is 10.3. The lowest BCUT2D eigenvalue weighted by atomic mass is 10.2. The number of aromatic nitrogens is 1. The molecule has 0 spiro atoms. The molecular formula is C23H25N3O2S. The molecule has 1 heterocycles. The van der Waals surface area contributed by atoms with E-state index in [1.165, 1.54) is 6.08 Å². The number of carbonyl (C=O) groups excluding carboxylic acids is 1. The van der Waals surface area contributed by atoms with E-state index < -0.39 is 0 Å².